The van der Waals surface area contributed by atoms with Gasteiger partial charge in [0.25, 0.3) is 0 Å². The second-order valence-electron chi connectivity index (χ2n) is 2.47. The van der Waals surface area contributed by atoms with Gasteiger partial charge in [0, 0.05) is 19.2 Å². The first-order valence-electron chi connectivity index (χ1n) is 3.93. The molecule has 0 fully saturated rings. The summed E-state index contributed by atoms with van der Waals surface area (Å²) in [5, 5.41) is 3.89. The van der Waals surface area contributed by atoms with Crippen molar-refractivity contribution in [3.8, 4) is 5.88 Å². The van der Waals surface area contributed by atoms with E-state index in [0.717, 1.165) is 6.42 Å². The van der Waals surface area contributed by atoms with Gasteiger partial charge in [0.15, 0.2) is 0 Å². The van der Waals surface area contributed by atoms with Gasteiger partial charge in [-0.1, -0.05) is 6.92 Å². The maximum atomic E-state index is 10.8. The molecule has 0 aliphatic heterocycles. The molecular formula is C8H12N2O2. The molecule has 0 saturated heterocycles. The van der Waals surface area contributed by atoms with E-state index in [-0.39, 0.29) is 5.91 Å². The zero-order chi connectivity index (χ0) is 8.97. The Morgan fingerprint density at radius 1 is 1.75 bits per heavy atom. The smallest absolute Gasteiger partial charge is 0.243 e. The van der Waals surface area contributed by atoms with Gasteiger partial charge in [-0.15, -0.1) is 5.10 Å². The van der Waals surface area contributed by atoms with E-state index in [0.29, 0.717) is 12.5 Å². The minimum atomic E-state index is -0.110. The molecule has 1 aromatic rings. The minimum absolute atomic E-state index is 0.110. The van der Waals surface area contributed by atoms with Crippen LogP contribution in [-0.4, -0.2) is 22.3 Å². The van der Waals surface area contributed by atoms with Crippen LogP contribution >= 0.6 is 0 Å². The Labute approximate surface area is 71.1 Å². The second-order valence-corrected chi connectivity index (χ2v) is 2.47. The van der Waals surface area contributed by atoms with Crippen molar-refractivity contribution in [3.63, 3.8) is 0 Å². The fraction of sp³-hybridized carbons (Fsp3) is 0.500. The molecule has 0 N–H and O–H groups in total. The van der Waals surface area contributed by atoms with Crippen LogP contribution in [0.3, 0.4) is 0 Å². The van der Waals surface area contributed by atoms with Crippen LogP contribution in [0.5, 0.6) is 5.88 Å². The van der Waals surface area contributed by atoms with Crippen molar-refractivity contribution in [3.05, 3.63) is 12.3 Å². The maximum absolute atomic E-state index is 10.8. The first kappa shape index (κ1) is 8.77. The summed E-state index contributed by atoms with van der Waals surface area (Å²) in [5.41, 5.74) is 0. The molecule has 0 unspecified atom stereocenters. The predicted molar refractivity (Wildman–Crippen MR) is 44.3 cm³/mol. The molecule has 1 rings (SSSR count). The van der Waals surface area contributed by atoms with Crippen molar-refractivity contribution in [2.45, 2.75) is 20.3 Å². The summed E-state index contributed by atoms with van der Waals surface area (Å²) in [7, 11) is 0. The highest BCUT2D eigenvalue weighted by molar-refractivity contribution is 5.75. The van der Waals surface area contributed by atoms with Crippen LogP contribution < -0.4 is 4.74 Å². The van der Waals surface area contributed by atoms with E-state index >= 15 is 0 Å². The van der Waals surface area contributed by atoms with Crippen molar-refractivity contribution in [2.75, 3.05) is 6.61 Å². The van der Waals surface area contributed by atoms with E-state index in [2.05, 4.69) is 5.10 Å². The Kier molecular flexibility index (Phi) is 2.85. The van der Waals surface area contributed by atoms with Gasteiger partial charge in [-0.2, -0.15) is 0 Å². The Morgan fingerprint density at radius 2 is 2.50 bits per heavy atom. The SMILES string of the molecule is CCCOc1ccn(C(C)=O)n1. The lowest BCUT2D eigenvalue weighted by Crippen LogP contribution is -2.06. The Bertz CT molecular complexity index is 268. The number of nitrogens with zero attached hydrogens (tertiary/aromatic N) is 2. The number of carbonyl (C=O) groups is 1. The lowest BCUT2D eigenvalue weighted by atomic mass is 10.5. The van der Waals surface area contributed by atoms with E-state index in [1.54, 1.807) is 12.3 Å². The number of aromatic nitrogens is 2. The Hall–Kier alpha value is -1.32. The number of hydrogen-bond acceptors (Lipinski definition) is 3. The van der Waals surface area contributed by atoms with Crippen LogP contribution in [0.2, 0.25) is 0 Å². The topological polar surface area (TPSA) is 44.1 Å². The molecule has 0 atom stereocenters. The molecule has 0 amide bonds. The van der Waals surface area contributed by atoms with E-state index in [4.69, 9.17) is 4.74 Å². The molecule has 66 valence electrons. The van der Waals surface area contributed by atoms with Crippen molar-refractivity contribution >= 4 is 5.91 Å². The van der Waals surface area contributed by atoms with Crippen LogP contribution in [0, 0.1) is 0 Å². The monoisotopic (exact) mass is 168 g/mol. The summed E-state index contributed by atoms with van der Waals surface area (Å²) in [5.74, 6) is 0.397. The van der Waals surface area contributed by atoms with Crippen molar-refractivity contribution in [2.24, 2.45) is 0 Å². The summed E-state index contributed by atoms with van der Waals surface area (Å²) in [6.07, 6.45) is 2.53. The Balaban J connectivity index is 2.58. The normalized spacial score (nSPS) is 9.83. The largest absolute Gasteiger partial charge is 0.477 e. The van der Waals surface area contributed by atoms with Crippen molar-refractivity contribution in [1.29, 1.82) is 0 Å². The average Bonchev–Trinajstić information content (AvgIpc) is 2.48. The third kappa shape index (κ3) is 2.08. The number of rotatable bonds is 3. The number of hydrogen-bond donors (Lipinski definition) is 0. The van der Waals surface area contributed by atoms with Gasteiger partial charge in [-0.3, -0.25) is 4.79 Å². The van der Waals surface area contributed by atoms with Crippen LogP contribution in [0.4, 0.5) is 0 Å². The van der Waals surface area contributed by atoms with Gasteiger partial charge >= 0.3 is 0 Å². The van der Waals surface area contributed by atoms with Crippen LogP contribution in [0.25, 0.3) is 0 Å². The fourth-order valence-corrected chi connectivity index (χ4v) is 0.766. The second kappa shape index (κ2) is 3.90. The minimum Gasteiger partial charge on any atom is -0.477 e. The maximum Gasteiger partial charge on any atom is 0.243 e. The standard InChI is InChI=1S/C8H12N2O2/c1-3-6-12-8-4-5-10(9-8)7(2)11/h4-5H,3,6H2,1-2H3. The summed E-state index contributed by atoms with van der Waals surface area (Å²) in [4.78, 5) is 10.8. The van der Waals surface area contributed by atoms with E-state index in [9.17, 15) is 4.79 Å². The predicted octanol–water partition coefficient (Wildman–Crippen LogP) is 1.33. The molecule has 0 spiro atoms. The van der Waals surface area contributed by atoms with Gasteiger partial charge in [-0.25, -0.2) is 4.68 Å². The number of carbonyl (C=O) groups excluding carboxylic acids is 1. The van der Waals surface area contributed by atoms with Crippen molar-refractivity contribution in [1.82, 2.24) is 9.78 Å². The zero-order valence-electron chi connectivity index (χ0n) is 7.28. The van der Waals surface area contributed by atoms with E-state index < -0.39 is 0 Å². The molecule has 0 aliphatic carbocycles. The van der Waals surface area contributed by atoms with E-state index in [1.165, 1.54) is 11.6 Å². The lowest BCUT2D eigenvalue weighted by Gasteiger charge is -1.97. The lowest BCUT2D eigenvalue weighted by molar-refractivity contribution is 0.0918. The first-order valence-corrected chi connectivity index (χ1v) is 3.93. The molecule has 4 nitrogen and oxygen atoms in total. The fourth-order valence-electron chi connectivity index (χ4n) is 0.766. The highest BCUT2D eigenvalue weighted by Gasteiger charge is 2.01. The summed E-state index contributed by atoms with van der Waals surface area (Å²) in [6.45, 7) is 4.10. The van der Waals surface area contributed by atoms with Crippen molar-refractivity contribution < 1.29 is 9.53 Å². The molecule has 0 bridgehead atoms. The van der Waals surface area contributed by atoms with Gasteiger partial charge in [-0.05, 0) is 6.42 Å². The zero-order valence-corrected chi connectivity index (χ0v) is 7.28. The molecule has 1 aromatic heterocycles. The summed E-state index contributed by atoms with van der Waals surface area (Å²) >= 11 is 0. The number of ether oxygens (including phenoxy) is 1. The van der Waals surface area contributed by atoms with Gasteiger partial charge in [0.2, 0.25) is 11.8 Å². The van der Waals surface area contributed by atoms with Crippen LogP contribution in [0.15, 0.2) is 12.3 Å². The third-order valence-electron chi connectivity index (χ3n) is 1.34. The molecule has 0 aromatic carbocycles. The van der Waals surface area contributed by atoms with Crippen LogP contribution in [-0.2, 0) is 0 Å². The van der Waals surface area contributed by atoms with Gasteiger partial charge < -0.3 is 4.74 Å². The molecular weight excluding hydrogens is 156 g/mol. The van der Waals surface area contributed by atoms with Crippen LogP contribution in [0.1, 0.15) is 25.1 Å². The van der Waals surface area contributed by atoms with E-state index in [1.807, 2.05) is 6.92 Å². The molecule has 12 heavy (non-hydrogen) atoms. The third-order valence-corrected chi connectivity index (χ3v) is 1.34. The van der Waals surface area contributed by atoms with Gasteiger partial charge in [0.1, 0.15) is 0 Å². The summed E-state index contributed by atoms with van der Waals surface area (Å²) < 4.78 is 6.46. The molecule has 4 heteroatoms. The molecule has 0 saturated carbocycles. The quantitative estimate of drug-likeness (QED) is 0.683. The molecule has 0 radical (unpaired) electrons. The summed E-state index contributed by atoms with van der Waals surface area (Å²) in [6, 6.07) is 1.68. The highest BCUT2D eigenvalue weighted by atomic mass is 16.5. The molecule has 1 heterocycles. The van der Waals surface area contributed by atoms with Gasteiger partial charge in [0.05, 0.1) is 6.61 Å². The Morgan fingerprint density at radius 3 is 3.00 bits per heavy atom. The first-order chi connectivity index (χ1) is 5.74. The average molecular weight is 168 g/mol. The highest BCUT2D eigenvalue weighted by Crippen LogP contribution is 2.05. The molecule has 0 aliphatic rings.